The zero-order valence-corrected chi connectivity index (χ0v) is 14.3. The van der Waals surface area contributed by atoms with E-state index >= 15 is 0 Å². The van der Waals surface area contributed by atoms with Gasteiger partial charge in [0.2, 0.25) is 5.91 Å². The van der Waals surface area contributed by atoms with Gasteiger partial charge in [0.25, 0.3) is 0 Å². The normalized spacial score (nSPS) is 10.4. The van der Waals surface area contributed by atoms with E-state index in [9.17, 15) is 4.79 Å². The van der Waals surface area contributed by atoms with E-state index in [0.29, 0.717) is 13.0 Å². The summed E-state index contributed by atoms with van der Waals surface area (Å²) >= 11 is 0. The molecular weight excluding hydrogens is 306 g/mol. The van der Waals surface area contributed by atoms with Crippen molar-refractivity contribution in [2.24, 2.45) is 0 Å². The monoisotopic (exact) mass is 329 g/mol. The number of hydrogen-bond acceptors (Lipinski definition) is 1. The fraction of sp³-hybridized carbons (Fsp3) is 0.174. The van der Waals surface area contributed by atoms with Crippen LogP contribution < -0.4 is 0 Å². The van der Waals surface area contributed by atoms with E-state index in [1.54, 1.807) is 0 Å². The van der Waals surface area contributed by atoms with Gasteiger partial charge in [0, 0.05) is 13.1 Å². The summed E-state index contributed by atoms with van der Waals surface area (Å²) in [5.74, 6) is 0.172. The van der Waals surface area contributed by atoms with E-state index in [2.05, 4.69) is 24.3 Å². The SMILES string of the molecule is O=C(Cc1ccccc1)N(CCc1ccccc1)Cc1ccccc1. The van der Waals surface area contributed by atoms with E-state index < -0.39 is 0 Å². The molecule has 0 radical (unpaired) electrons. The number of carbonyl (C=O) groups excluding carboxylic acids is 1. The predicted molar refractivity (Wildman–Crippen MR) is 102 cm³/mol. The van der Waals surface area contributed by atoms with Crippen molar-refractivity contribution in [2.75, 3.05) is 6.54 Å². The molecule has 0 aliphatic rings. The van der Waals surface area contributed by atoms with Crippen LogP contribution in [0.3, 0.4) is 0 Å². The smallest absolute Gasteiger partial charge is 0.227 e. The molecular formula is C23H23NO. The maximum Gasteiger partial charge on any atom is 0.227 e. The Bertz CT molecular complexity index is 769. The highest BCUT2D eigenvalue weighted by Gasteiger charge is 2.14. The van der Waals surface area contributed by atoms with Crippen LogP contribution in [-0.4, -0.2) is 17.4 Å². The van der Waals surface area contributed by atoms with Crippen LogP contribution in [0.15, 0.2) is 91.0 Å². The second-order valence-electron chi connectivity index (χ2n) is 6.20. The molecule has 0 aromatic heterocycles. The van der Waals surface area contributed by atoms with Crippen LogP contribution in [0.25, 0.3) is 0 Å². The minimum Gasteiger partial charge on any atom is -0.338 e. The van der Waals surface area contributed by atoms with Gasteiger partial charge in [-0.05, 0) is 23.1 Å². The molecule has 1 amide bonds. The molecule has 3 aromatic rings. The first-order valence-electron chi connectivity index (χ1n) is 8.71. The zero-order chi connectivity index (χ0) is 17.3. The molecule has 0 fully saturated rings. The van der Waals surface area contributed by atoms with Crippen LogP contribution >= 0.6 is 0 Å². The Kier molecular flexibility index (Phi) is 6.00. The first kappa shape index (κ1) is 17.0. The molecule has 3 aromatic carbocycles. The lowest BCUT2D eigenvalue weighted by molar-refractivity contribution is -0.131. The lowest BCUT2D eigenvalue weighted by atomic mass is 10.1. The van der Waals surface area contributed by atoms with Crippen LogP contribution in [0.4, 0.5) is 0 Å². The standard InChI is InChI=1S/C23H23NO/c25-23(18-21-12-6-2-7-13-21)24(19-22-14-8-3-9-15-22)17-16-20-10-4-1-5-11-20/h1-15H,16-19H2. The van der Waals surface area contributed by atoms with Gasteiger partial charge in [0.1, 0.15) is 0 Å². The summed E-state index contributed by atoms with van der Waals surface area (Å²) in [5, 5.41) is 0. The van der Waals surface area contributed by atoms with Gasteiger partial charge in [0.05, 0.1) is 6.42 Å². The van der Waals surface area contributed by atoms with Crippen molar-refractivity contribution in [3.63, 3.8) is 0 Å². The number of hydrogen-bond donors (Lipinski definition) is 0. The van der Waals surface area contributed by atoms with Crippen LogP contribution in [0.1, 0.15) is 16.7 Å². The molecule has 0 heterocycles. The first-order chi connectivity index (χ1) is 12.3. The Morgan fingerprint density at radius 3 is 1.68 bits per heavy atom. The van der Waals surface area contributed by atoms with Crippen molar-refractivity contribution in [2.45, 2.75) is 19.4 Å². The van der Waals surface area contributed by atoms with Crippen LogP contribution in [0, 0.1) is 0 Å². The fourth-order valence-electron chi connectivity index (χ4n) is 2.89. The molecule has 3 rings (SSSR count). The van der Waals surface area contributed by atoms with Gasteiger partial charge in [-0.3, -0.25) is 4.79 Å². The minimum atomic E-state index is 0.172. The maximum atomic E-state index is 12.9. The van der Waals surface area contributed by atoms with Gasteiger partial charge in [-0.25, -0.2) is 0 Å². The Balaban J connectivity index is 1.70. The number of benzene rings is 3. The quantitative estimate of drug-likeness (QED) is 0.625. The highest BCUT2D eigenvalue weighted by molar-refractivity contribution is 5.78. The number of nitrogens with zero attached hydrogens (tertiary/aromatic N) is 1. The fourth-order valence-corrected chi connectivity index (χ4v) is 2.89. The van der Waals surface area contributed by atoms with Gasteiger partial charge in [0.15, 0.2) is 0 Å². The summed E-state index contributed by atoms with van der Waals surface area (Å²) in [6.07, 6.45) is 1.32. The highest BCUT2D eigenvalue weighted by atomic mass is 16.2. The molecule has 0 unspecified atom stereocenters. The van der Waals surface area contributed by atoms with E-state index in [0.717, 1.165) is 24.1 Å². The third-order valence-electron chi connectivity index (χ3n) is 4.28. The van der Waals surface area contributed by atoms with E-state index in [4.69, 9.17) is 0 Å². The number of amides is 1. The first-order valence-corrected chi connectivity index (χ1v) is 8.71. The Morgan fingerprint density at radius 1 is 0.640 bits per heavy atom. The van der Waals surface area contributed by atoms with Gasteiger partial charge in [-0.1, -0.05) is 91.0 Å². The summed E-state index contributed by atoms with van der Waals surface area (Å²) in [6, 6.07) is 30.5. The lowest BCUT2D eigenvalue weighted by Crippen LogP contribution is -2.33. The minimum absolute atomic E-state index is 0.172. The number of rotatable bonds is 7. The summed E-state index contributed by atoms with van der Waals surface area (Å²) in [5.41, 5.74) is 3.48. The Labute approximate surface area is 149 Å². The van der Waals surface area contributed by atoms with Crippen LogP contribution in [0.5, 0.6) is 0 Å². The van der Waals surface area contributed by atoms with Gasteiger partial charge >= 0.3 is 0 Å². The summed E-state index contributed by atoms with van der Waals surface area (Å²) in [6.45, 7) is 1.38. The third kappa shape index (κ3) is 5.32. The maximum absolute atomic E-state index is 12.9. The van der Waals surface area contributed by atoms with Crippen molar-refractivity contribution < 1.29 is 4.79 Å². The molecule has 126 valence electrons. The molecule has 0 saturated carbocycles. The van der Waals surface area contributed by atoms with Crippen molar-refractivity contribution >= 4 is 5.91 Å². The molecule has 0 saturated heterocycles. The van der Waals surface area contributed by atoms with Crippen molar-refractivity contribution in [3.05, 3.63) is 108 Å². The summed E-state index contributed by atoms with van der Waals surface area (Å²) in [4.78, 5) is 14.8. The second kappa shape index (κ2) is 8.84. The highest BCUT2D eigenvalue weighted by Crippen LogP contribution is 2.10. The van der Waals surface area contributed by atoms with E-state index in [1.165, 1.54) is 5.56 Å². The molecule has 0 bridgehead atoms. The molecule has 0 atom stereocenters. The van der Waals surface area contributed by atoms with Crippen molar-refractivity contribution in [1.82, 2.24) is 4.90 Å². The molecule has 0 aliphatic heterocycles. The Morgan fingerprint density at radius 2 is 1.12 bits per heavy atom. The van der Waals surface area contributed by atoms with Crippen molar-refractivity contribution in [3.8, 4) is 0 Å². The molecule has 25 heavy (non-hydrogen) atoms. The topological polar surface area (TPSA) is 20.3 Å². The summed E-state index contributed by atoms with van der Waals surface area (Å²) in [7, 11) is 0. The molecule has 0 N–H and O–H groups in total. The average Bonchev–Trinajstić information content (AvgIpc) is 2.67. The van der Waals surface area contributed by atoms with Crippen molar-refractivity contribution in [1.29, 1.82) is 0 Å². The molecule has 2 nitrogen and oxygen atoms in total. The third-order valence-corrected chi connectivity index (χ3v) is 4.28. The predicted octanol–water partition coefficient (Wildman–Crippen LogP) is 4.50. The van der Waals surface area contributed by atoms with Crippen LogP contribution in [-0.2, 0) is 24.2 Å². The van der Waals surface area contributed by atoms with E-state index in [-0.39, 0.29) is 5.91 Å². The van der Waals surface area contributed by atoms with E-state index in [1.807, 2.05) is 71.6 Å². The zero-order valence-electron chi connectivity index (χ0n) is 14.3. The number of carbonyl (C=O) groups is 1. The van der Waals surface area contributed by atoms with Gasteiger partial charge < -0.3 is 4.90 Å². The molecule has 0 aliphatic carbocycles. The largest absolute Gasteiger partial charge is 0.338 e. The molecule has 0 spiro atoms. The average molecular weight is 329 g/mol. The van der Waals surface area contributed by atoms with Gasteiger partial charge in [-0.2, -0.15) is 0 Å². The van der Waals surface area contributed by atoms with Crippen LogP contribution in [0.2, 0.25) is 0 Å². The second-order valence-corrected chi connectivity index (χ2v) is 6.20. The Hall–Kier alpha value is -2.87. The summed E-state index contributed by atoms with van der Waals surface area (Å²) < 4.78 is 0. The van der Waals surface area contributed by atoms with Gasteiger partial charge in [-0.15, -0.1) is 0 Å². The lowest BCUT2D eigenvalue weighted by Gasteiger charge is -2.23. The molecule has 2 heteroatoms.